The summed E-state index contributed by atoms with van der Waals surface area (Å²) >= 11 is 0. The number of hydrogen-bond acceptors (Lipinski definition) is 5. The maximum atomic E-state index is 12.2. The van der Waals surface area contributed by atoms with E-state index in [1.165, 1.54) is 13.1 Å². The van der Waals surface area contributed by atoms with Crippen LogP contribution in [0.4, 0.5) is 11.5 Å². The molecule has 1 heterocycles. The van der Waals surface area contributed by atoms with Crippen LogP contribution in [-0.4, -0.2) is 16.7 Å². The van der Waals surface area contributed by atoms with Gasteiger partial charge in [-0.3, -0.25) is 9.59 Å². The fourth-order valence-electron chi connectivity index (χ4n) is 1.92. The van der Waals surface area contributed by atoms with Gasteiger partial charge in [-0.15, -0.1) is 0 Å². The van der Waals surface area contributed by atoms with Gasteiger partial charge in [-0.25, -0.2) is 4.98 Å². The molecule has 120 valence electrons. The maximum Gasteiger partial charge on any atom is 0.267 e. The lowest BCUT2D eigenvalue weighted by Gasteiger charge is -2.06. The molecular weight excluding hydrogens is 304 g/mol. The minimum Gasteiger partial charge on any atom is -0.345 e. The maximum absolute atomic E-state index is 12.2. The van der Waals surface area contributed by atoms with Crippen molar-refractivity contribution in [3.8, 4) is 6.07 Å². The Kier molecular flexibility index (Phi) is 5.42. The van der Waals surface area contributed by atoms with E-state index in [9.17, 15) is 9.59 Å². The molecule has 0 radical (unpaired) electrons. The third-order valence-corrected chi connectivity index (χ3v) is 3.17. The minimum atomic E-state index is -0.571. The van der Waals surface area contributed by atoms with Crippen LogP contribution in [0.25, 0.3) is 0 Å². The van der Waals surface area contributed by atoms with E-state index < -0.39 is 5.91 Å². The van der Waals surface area contributed by atoms with Gasteiger partial charge in [-0.1, -0.05) is 12.1 Å². The molecule has 0 saturated carbocycles. The average Bonchev–Trinajstić information content (AvgIpc) is 2.55. The average molecular weight is 320 g/mol. The van der Waals surface area contributed by atoms with Gasteiger partial charge in [0, 0.05) is 23.6 Å². The van der Waals surface area contributed by atoms with Gasteiger partial charge >= 0.3 is 0 Å². The molecule has 0 aliphatic heterocycles. The van der Waals surface area contributed by atoms with Gasteiger partial charge in [0.2, 0.25) is 0 Å². The van der Waals surface area contributed by atoms with Crippen LogP contribution in [0.5, 0.6) is 0 Å². The Labute approximate surface area is 139 Å². The Morgan fingerprint density at radius 2 is 2.04 bits per heavy atom. The van der Waals surface area contributed by atoms with E-state index >= 15 is 0 Å². The summed E-state index contributed by atoms with van der Waals surface area (Å²) < 4.78 is 0. The first-order valence-electron chi connectivity index (χ1n) is 7.21. The third kappa shape index (κ3) is 4.52. The Morgan fingerprint density at radius 1 is 1.25 bits per heavy atom. The van der Waals surface area contributed by atoms with E-state index in [2.05, 4.69) is 15.6 Å². The second kappa shape index (κ2) is 7.70. The highest BCUT2D eigenvalue weighted by Gasteiger charge is 2.10. The van der Waals surface area contributed by atoms with Crippen molar-refractivity contribution in [2.75, 3.05) is 10.6 Å². The molecule has 2 rings (SSSR count). The molecule has 6 heteroatoms. The fourth-order valence-corrected chi connectivity index (χ4v) is 1.92. The van der Waals surface area contributed by atoms with E-state index in [1.807, 2.05) is 19.1 Å². The Balaban J connectivity index is 2.11. The van der Waals surface area contributed by atoms with Gasteiger partial charge in [0.1, 0.15) is 17.5 Å². The first-order chi connectivity index (χ1) is 11.5. The molecular formula is C18H16N4O2. The van der Waals surface area contributed by atoms with E-state index in [-0.39, 0.29) is 11.4 Å². The number of Topliss-reactive ketones (excluding diaryl/α,β-unsaturated/α-hetero) is 1. The SMILES string of the molecule is CC(=O)c1cccc(NC(=O)/C(C#N)=C\Nc2cc(C)ccn2)c1. The van der Waals surface area contributed by atoms with Crippen LogP contribution in [0.3, 0.4) is 0 Å². The first-order valence-corrected chi connectivity index (χ1v) is 7.21. The third-order valence-electron chi connectivity index (χ3n) is 3.17. The second-order valence-electron chi connectivity index (χ2n) is 5.12. The summed E-state index contributed by atoms with van der Waals surface area (Å²) in [6, 6.07) is 12.0. The highest BCUT2D eigenvalue weighted by atomic mass is 16.1. The topological polar surface area (TPSA) is 94.9 Å². The highest BCUT2D eigenvalue weighted by Crippen LogP contribution is 2.13. The summed E-state index contributed by atoms with van der Waals surface area (Å²) in [7, 11) is 0. The molecule has 0 bridgehead atoms. The number of pyridine rings is 1. The lowest BCUT2D eigenvalue weighted by atomic mass is 10.1. The van der Waals surface area contributed by atoms with Gasteiger partial charge < -0.3 is 10.6 Å². The summed E-state index contributed by atoms with van der Waals surface area (Å²) in [5.74, 6) is -0.137. The number of hydrogen-bond donors (Lipinski definition) is 2. The van der Waals surface area contributed by atoms with Crippen LogP contribution < -0.4 is 10.6 Å². The van der Waals surface area contributed by atoms with Crippen LogP contribution in [0.2, 0.25) is 0 Å². The van der Waals surface area contributed by atoms with E-state index in [0.29, 0.717) is 17.1 Å². The molecule has 2 N–H and O–H groups in total. The predicted molar refractivity (Wildman–Crippen MR) is 91.4 cm³/mol. The lowest BCUT2D eigenvalue weighted by molar-refractivity contribution is -0.112. The van der Waals surface area contributed by atoms with Crippen molar-refractivity contribution in [3.05, 3.63) is 65.5 Å². The molecule has 2 aromatic rings. The number of nitriles is 1. The number of amides is 1. The van der Waals surface area contributed by atoms with Crippen LogP contribution >= 0.6 is 0 Å². The molecule has 0 fully saturated rings. The van der Waals surface area contributed by atoms with E-state index in [1.54, 1.807) is 36.5 Å². The smallest absolute Gasteiger partial charge is 0.267 e. The quantitative estimate of drug-likeness (QED) is 0.501. The Morgan fingerprint density at radius 3 is 2.71 bits per heavy atom. The van der Waals surface area contributed by atoms with E-state index in [4.69, 9.17) is 5.26 Å². The molecule has 0 unspecified atom stereocenters. The van der Waals surface area contributed by atoms with Crippen LogP contribution in [-0.2, 0) is 4.79 Å². The zero-order valence-electron chi connectivity index (χ0n) is 13.3. The number of anilines is 2. The number of nitrogens with zero attached hydrogens (tertiary/aromatic N) is 2. The predicted octanol–water partition coefficient (Wildman–Crippen LogP) is 3.05. The van der Waals surface area contributed by atoms with Gasteiger partial charge in [0.15, 0.2) is 5.78 Å². The van der Waals surface area contributed by atoms with Crippen molar-refractivity contribution in [2.45, 2.75) is 13.8 Å². The number of benzene rings is 1. The van der Waals surface area contributed by atoms with Crippen molar-refractivity contribution >= 4 is 23.2 Å². The number of aromatic nitrogens is 1. The van der Waals surface area contributed by atoms with Gasteiger partial charge in [-0.05, 0) is 43.7 Å². The van der Waals surface area contributed by atoms with E-state index in [0.717, 1.165) is 5.56 Å². The van der Waals surface area contributed by atoms with Gasteiger partial charge in [0.05, 0.1) is 0 Å². The number of carbonyl (C=O) groups excluding carboxylic acids is 2. The summed E-state index contributed by atoms with van der Waals surface area (Å²) in [6.07, 6.45) is 2.93. The lowest BCUT2D eigenvalue weighted by Crippen LogP contribution is -2.15. The van der Waals surface area contributed by atoms with Crippen LogP contribution in [0.15, 0.2) is 54.4 Å². The van der Waals surface area contributed by atoms with Gasteiger partial charge in [0.25, 0.3) is 5.91 Å². The summed E-state index contributed by atoms with van der Waals surface area (Å²) in [5, 5.41) is 14.6. The summed E-state index contributed by atoms with van der Waals surface area (Å²) in [5.41, 5.74) is 1.83. The van der Waals surface area contributed by atoms with Gasteiger partial charge in [-0.2, -0.15) is 5.26 Å². The molecule has 0 spiro atoms. The van der Waals surface area contributed by atoms with Crippen LogP contribution in [0, 0.1) is 18.3 Å². The molecule has 0 saturated heterocycles. The minimum absolute atomic E-state index is 0.102. The molecule has 0 aliphatic rings. The molecule has 1 amide bonds. The fraction of sp³-hybridized carbons (Fsp3) is 0.111. The van der Waals surface area contributed by atoms with Crippen LogP contribution in [0.1, 0.15) is 22.8 Å². The van der Waals surface area contributed by atoms with Crippen molar-refractivity contribution in [1.29, 1.82) is 5.26 Å². The first kappa shape index (κ1) is 16.9. The zero-order chi connectivity index (χ0) is 17.5. The summed E-state index contributed by atoms with van der Waals surface area (Å²) in [4.78, 5) is 27.6. The normalized spacial score (nSPS) is 10.6. The second-order valence-corrected chi connectivity index (χ2v) is 5.12. The molecule has 1 aromatic heterocycles. The number of rotatable bonds is 5. The number of carbonyl (C=O) groups is 2. The van der Waals surface area contributed by atoms with Crippen molar-refractivity contribution in [2.24, 2.45) is 0 Å². The number of nitrogens with one attached hydrogen (secondary N) is 2. The molecule has 1 aromatic carbocycles. The number of ketones is 1. The molecule has 6 nitrogen and oxygen atoms in total. The zero-order valence-corrected chi connectivity index (χ0v) is 13.3. The molecule has 0 atom stereocenters. The largest absolute Gasteiger partial charge is 0.345 e. The van der Waals surface area contributed by atoms with Crippen molar-refractivity contribution < 1.29 is 9.59 Å². The highest BCUT2D eigenvalue weighted by molar-refractivity contribution is 6.07. The Hall–Kier alpha value is -3.46. The summed E-state index contributed by atoms with van der Waals surface area (Å²) in [6.45, 7) is 3.36. The molecule has 0 aliphatic carbocycles. The van der Waals surface area contributed by atoms with Crippen molar-refractivity contribution in [1.82, 2.24) is 4.98 Å². The Bertz CT molecular complexity index is 850. The molecule has 24 heavy (non-hydrogen) atoms. The standard InChI is InChI=1S/C18H16N4O2/c1-12-6-7-20-17(8-12)21-11-15(10-19)18(24)22-16-5-3-4-14(9-16)13(2)23/h3-9,11H,1-2H3,(H,20,21)(H,22,24)/b15-11-. The number of aryl methyl sites for hydroxylation is 1. The van der Waals surface area contributed by atoms with Crippen molar-refractivity contribution in [3.63, 3.8) is 0 Å². The monoisotopic (exact) mass is 320 g/mol.